The van der Waals surface area contributed by atoms with Gasteiger partial charge in [0.15, 0.2) is 0 Å². The predicted octanol–water partition coefficient (Wildman–Crippen LogP) is 3.93. The Labute approximate surface area is 115 Å². The highest BCUT2D eigenvalue weighted by atomic mass is 35.5. The highest BCUT2D eigenvalue weighted by Crippen LogP contribution is 2.55. The maximum Gasteiger partial charge on any atom is 0.221 e. The van der Waals surface area contributed by atoms with Gasteiger partial charge in [-0.05, 0) is 18.6 Å². The number of halogens is 2. The summed E-state index contributed by atoms with van der Waals surface area (Å²) in [6.07, 6.45) is 0.853. The topological polar surface area (TPSA) is 29.1 Å². The number of amides is 1. The fraction of sp³-hybridized carbons (Fsp3) is 0.417. The van der Waals surface area contributed by atoms with E-state index in [1.54, 1.807) is 11.8 Å². The number of hydrogen-bond acceptors (Lipinski definition) is 2. The first-order valence-corrected chi connectivity index (χ1v) is 7.10. The van der Waals surface area contributed by atoms with E-state index in [9.17, 15) is 4.79 Å². The van der Waals surface area contributed by atoms with Gasteiger partial charge >= 0.3 is 0 Å². The van der Waals surface area contributed by atoms with Crippen LogP contribution in [0.5, 0.6) is 0 Å². The summed E-state index contributed by atoms with van der Waals surface area (Å²) < 4.78 is -0.532. The number of para-hydroxylation sites is 1. The maximum absolute atomic E-state index is 11.1. The number of hydrogen-bond donors (Lipinski definition) is 1. The summed E-state index contributed by atoms with van der Waals surface area (Å²) in [5, 5.41) is 2.81. The molecule has 1 aromatic carbocycles. The maximum atomic E-state index is 11.1. The second-order valence-electron chi connectivity index (χ2n) is 4.15. The SMILES string of the molecule is CC(=O)Nc1ccccc1SCC1CC1(Cl)Cl. The second-order valence-corrected chi connectivity index (χ2v) is 6.75. The third-order valence-electron chi connectivity index (χ3n) is 2.59. The molecule has 1 unspecified atom stereocenters. The summed E-state index contributed by atoms with van der Waals surface area (Å²) >= 11 is 13.6. The van der Waals surface area contributed by atoms with Crippen LogP contribution in [0.25, 0.3) is 0 Å². The number of carbonyl (C=O) groups is 1. The Morgan fingerprint density at radius 3 is 2.76 bits per heavy atom. The number of benzene rings is 1. The van der Waals surface area contributed by atoms with E-state index < -0.39 is 4.33 Å². The van der Waals surface area contributed by atoms with Crippen molar-refractivity contribution in [3.63, 3.8) is 0 Å². The lowest BCUT2D eigenvalue weighted by Crippen LogP contribution is -2.06. The van der Waals surface area contributed by atoms with Crippen LogP contribution >= 0.6 is 35.0 Å². The summed E-state index contributed by atoms with van der Waals surface area (Å²) in [5.74, 6) is 1.17. The second kappa shape index (κ2) is 5.09. The van der Waals surface area contributed by atoms with Crippen LogP contribution in [0.1, 0.15) is 13.3 Å². The Hall–Kier alpha value is -0.380. The van der Waals surface area contributed by atoms with Crippen LogP contribution in [-0.2, 0) is 4.79 Å². The molecule has 0 spiro atoms. The molecule has 2 nitrogen and oxygen atoms in total. The first-order chi connectivity index (χ1) is 7.99. The quantitative estimate of drug-likeness (QED) is 0.672. The molecule has 1 N–H and O–H groups in total. The van der Waals surface area contributed by atoms with Crippen molar-refractivity contribution in [1.82, 2.24) is 0 Å². The average Bonchev–Trinajstić information content (AvgIpc) is 2.84. The Bertz CT molecular complexity index is 436. The van der Waals surface area contributed by atoms with Crippen molar-refractivity contribution in [2.24, 2.45) is 5.92 Å². The highest BCUT2D eigenvalue weighted by molar-refractivity contribution is 7.99. The van der Waals surface area contributed by atoms with Crippen LogP contribution in [0.3, 0.4) is 0 Å². The number of alkyl halides is 2. The van der Waals surface area contributed by atoms with Gasteiger partial charge in [-0.3, -0.25) is 4.79 Å². The third kappa shape index (κ3) is 3.54. The zero-order valence-electron chi connectivity index (χ0n) is 9.37. The Morgan fingerprint density at radius 1 is 1.53 bits per heavy atom. The first-order valence-electron chi connectivity index (χ1n) is 5.36. The lowest BCUT2D eigenvalue weighted by atomic mass is 10.3. The van der Waals surface area contributed by atoms with Crippen LogP contribution in [0.2, 0.25) is 0 Å². The molecule has 0 aromatic heterocycles. The average molecular weight is 290 g/mol. The van der Waals surface area contributed by atoms with Crippen molar-refractivity contribution in [2.45, 2.75) is 22.6 Å². The highest BCUT2D eigenvalue weighted by Gasteiger charge is 2.51. The van der Waals surface area contributed by atoms with Gasteiger partial charge in [0.25, 0.3) is 0 Å². The van der Waals surface area contributed by atoms with E-state index in [1.807, 2.05) is 24.3 Å². The Morgan fingerprint density at radius 2 is 2.18 bits per heavy atom. The van der Waals surface area contributed by atoms with E-state index in [0.717, 1.165) is 22.8 Å². The van der Waals surface area contributed by atoms with Gasteiger partial charge in [0.05, 0.1) is 5.69 Å². The molecule has 1 aromatic rings. The Balaban J connectivity index is 1.98. The molecule has 1 saturated carbocycles. The molecule has 1 amide bonds. The fourth-order valence-electron chi connectivity index (χ4n) is 1.53. The number of anilines is 1. The normalized spacial score (nSPS) is 21.0. The van der Waals surface area contributed by atoms with E-state index in [4.69, 9.17) is 23.2 Å². The van der Waals surface area contributed by atoms with E-state index >= 15 is 0 Å². The molecule has 1 aliphatic rings. The number of rotatable bonds is 4. The van der Waals surface area contributed by atoms with Gasteiger partial charge in [0.2, 0.25) is 5.91 Å². The van der Waals surface area contributed by atoms with Crippen LogP contribution in [0.4, 0.5) is 5.69 Å². The van der Waals surface area contributed by atoms with E-state index in [-0.39, 0.29) is 5.91 Å². The molecule has 0 saturated heterocycles. The summed E-state index contributed by atoms with van der Waals surface area (Å²) in [6, 6.07) is 7.74. The molecule has 1 atom stereocenters. The van der Waals surface area contributed by atoms with Gasteiger partial charge < -0.3 is 5.32 Å². The van der Waals surface area contributed by atoms with Crippen LogP contribution < -0.4 is 5.32 Å². The summed E-state index contributed by atoms with van der Waals surface area (Å²) in [6.45, 7) is 1.50. The van der Waals surface area contributed by atoms with Gasteiger partial charge in [-0.1, -0.05) is 12.1 Å². The number of nitrogens with one attached hydrogen (secondary N) is 1. The molecule has 0 aliphatic heterocycles. The monoisotopic (exact) mass is 289 g/mol. The van der Waals surface area contributed by atoms with E-state index in [1.165, 1.54) is 6.92 Å². The minimum Gasteiger partial charge on any atom is -0.325 e. The van der Waals surface area contributed by atoms with Crippen LogP contribution in [0, 0.1) is 5.92 Å². The zero-order chi connectivity index (χ0) is 12.5. The Kier molecular flexibility index (Phi) is 3.91. The molecule has 92 valence electrons. The zero-order valence-corrected chi connectivity index (χ0v) is 11.7. The molecule has 0 bridgehead atoms. The number of thioether (sulfide) groups is 1. The van der Waals surface area contributed by atoms with E-state index in [2.05, 4.69) is 5.32 Å². The molecular formula is C12H13Cl2NOS. The number of carbonyl (C=O) groups excluding carboxylic acids is 1. The summed E-state index contributed by atoms with van der Waals surface area (Å²) in [5.41, 5.74) is 0.848. The summed E-state index contributed by atoms with van der Waals surface area (Å²) in [4.78, 5) is 12.1. The predicted molar refractivity (Wildman–Crippen MR) is 74.0 cm³/mol. The molecule has 1 fully saturated rings. The van der Waals surface area contributed by atoms with Crippen molar-refractivity contribution in [3.05, 3.63) is 24.3 Å². The van der Waals surface area contributed by atoms with Gasteiger partial charge in [-0.25, -0.2) is 0 Å². The molecule has 1 aliphatic carbocycles. The van der Waals surface area contributed by atoms with Gasteiger partial charge in [-0.2, -0.15) is 0 Å². The molecule has 2 rings (SSSR count). The minimum absolute atomic E-state index is 0.0616. The van der Waals surface area contributed by atoms with Gasteiger partial charge in [0.1, 0.15) is 4.33 Å². The fourth-order valence-corrected chi connectivity index (χ4v) is 3.47. The molecule has 0 radical (unpaired) electrons. The molecule has 0 heterocycles. The lowest BCUT2D eigenvalue weighted by Gasteiger charge is -2.09. The standard InChI is InChI=1S/C12H13Cl2NOS/c1-8(16)15-10-4-2-3-5-11(10)17-7-9-6-12(9,13)14/h2-5,9H,6-7H2,1H3,(H,15,16). The van der Waals surface area contributed by atoms with Crippen molar-refractivity contribution in [1.29, 1.82) is 0 Å². The third-order valence-corrected chi connectivity index (χ3v) is 4.76. The van der Waals surface area contributed by atoms with Crippen molar-refractivity contribution in [2.75, 3.05) is 11.1 Å². The molecule has 17 heavy (non-hydrogen) atoms. The summed E-state index contributed by atoms with van der Waals surface area (Å²) in [7, 11) is 0. The van der Waals surface area contributed by atoms with Gasteiger partial charge in [0, 0.05) is 23.5 Å². The largest absolute Gasteiger partial charge is 0.325 e. The van der Waals surface area contributed by atoms with E-state index in [0.29, 0.717) is 5.92 Å². The van der Waals surface area contributed by atoms with Crippen molar-refractivity contribution in [3.8, 4) is 0 Å². The molecular weight excluding hydrogens is 277 g/mol. The first kappa shape index (κ1) is 13.1. The molecule has 5 heteroatoms. The van der Waals surface area contributed by atoms with Crippen LogP contribution in [0.15, 0.2) is 29.2 Å². The minimum atomic E-state index is -0.532. The van der Waals surface area contributed by atoms with Crippen molar-refractivity contribution >= 4 is 46.6 Å². The van der Waals surface area contributed by atoms with Gasteiger partial charge in [-0.15, -0.1) is 35.0 Å². The van der Waals surface area contributed by atoms with Crippen LogP contribution in [-0.4, -0.2) is 16.0 Å². The smallest absolute Gasteiger partial charge is 0.221 e. The van der Waals surface area contributed by atoms with Crippen molar-refractivity contribution < 1.29 is 4.79 Å². The lowest BCUT2D eigenvalue weighted by molar-refractivity contribution is -0.114.